The van der Waals surface area contributed by atoms with E-state index in [1.54, 1.807) is 42.3 Å². The van der Waals surface area contributed by atoms with Gasteiger partial charge >= 0.3 is 5.97 Å². The minimum absolute atomic E-state index is 0.316. The van der Waals surface area contributed by atoms with Crippen LogP contribution < -0.4 is 4.90 Å². The Morgan fingerprint density at radius 2 is 2.00 bits per heavy atom. The summed E-state index contributed by atoms with van der Waals surface area (Å²) < 4.78 is 18.6. The molecule has 0 saturated carbocycles. The van der Waals surface area contributed by atoms with Crippen LogP contribution in [0.4, 0.5) is 10.1 Å². The van der Waals surface area contributed by atoms with Crippen molar-refractivity contribution in [1.29, 1.82) is 0 Å². The number of para-hydroxylation sites is 1. The first-order chi connectivity index (χ1) is 10.0. The van der Waals surface area contributed by atoms with E-state index in [9.17, 15) is 9.18 Å². The summed E-state index contributed by atoms with van der Waals surface area (Å²) in [5.41, 5.74) is 1.62. The van der Waals surface area contributed by atoms with Gasteiger partial charge in [-0.2, -0.15) is 0 Å². The van der Waals surface area contributed by atoms with Crippen LogP contribution in [0.2, 0.25) is 5.02 Å². The van der Waals surface area contributed by atoms with Gasteiger partial charge in [0, 0.05) is 24.2 Å². The third-order valence-corrected chi connectivity index (χ3v) is 3.38. The molecule has 0 N–H and O–H groups in total. The zero-order valence-corrected chi connectivity index (χ0v) is 12.5. The smallest absolute Gasteiger partial charge is 0.339 e. The Bertz CT molecular complexity index is 660. The van der Waals surface area contributed by atoms with Crippen molar-refractivity contribution >= 4 is 23.3 Å². The molecule has 2 rings (SSSR count). The first kappa shape index (κ1) is 15.3. The highest BCUT2D eigenvalue weighted by Gasteiger charge is 2.15. The van der Waals surface area contributed by atoms with Crippen molar-refractivity contribution in [3.8, 4) is 0 Å². The number of carbonyl (C=O) groups is 1. The minimum atomic E-state index is -0.422. The molecule has 0 aliphatic carbocycles. The number of nitrogens with zero attached hydrogens (tertiary/aromatic N) is 1. The Hall–Kier alpha value is -2.07. The fraction of sp³-hybridized carbons (Fsp3) is 0.188. The monoisotopic (exact) mass is 307 g/mol. The number of halogens is 2. The summed E-state index contributed by atoms with van der Waals surface area (Å²) in [7, 11) is 3.12. The molecule has 0 heterocycles. The zero-order valence-electron chi connectivity index (χ0n) is 11.8. The number of esters is 1. The number of carbonyl (C=O) groups excluding carboxylic acids is 1. The summed E-state index contributed by atoms with van der Waals surface area (Å²) in [4.78, 5) is 13.6. The summed E-state index contributed by atoms with van der Waals surface area (Å²) >= 11 is 5.74. The molecule has 0 aliphatic rings. The Morgan fingerprint density at radius 1 is 1.29 bits per heavy atom. The molecular formula is C16H15ClFNO2. The molecule has 0 bridgehead atoms. The van der Waals surface area contributed by atoms with E-state index in [0.717, 1.165) is 0 Å². The maximum atomic E-state index is 13.8. The van der Waals surface area contributed by atoms with Crippen molar-refractivity contribution < 1.29 is 13.9 Å². The number of hydrogen-bond donors (Lipinski definition) is 0. The molecule has 0 radical (unpaired) electrons. The maximum absolute atomic E-state index is 13.8. The maximum Gasteiger partial charge on any atom is 0.339 e. The summed E-state index contributed by atoms with van der Waals surface area (Å²) in [6, 6.07) is 11.6. The van der Waals surface area contributed by atoms with Gasteiger partial charge in [0.25, 0.3) is 0 Å². The molecular weight excluding hydrogens is 293 g/mol. The van der Waals surface area contributed by atoms with Crippen molar-refractivity contribution in [2.45, 2.75) is 6.54 Å². The molecule has 21 heavy (non-hydrogen) atoms. The van der Waals surface area contributed by atoms with Crippen LogP contribution in [0.5, 0.6) is 0 Å². The highest BCUT2D eigenvalue weighted by Crippen LogP contribution is 2.23. The molecule has 0 saturated heterocycles. The van der Waals surface area contributed by atoms with Crippen LogP contribution in [0, 0.1) is 5.82 Å². The number of hydrogen-bond acceptors (Lipinski definition) is 3. The second-order valence-electron chi connectivity index (χ2n) is 4.60. The normalized spacial score (nSPS) is 10.3. The molecule has 0 atom stereocenters. The van der Waals surface area contributed by atoms with Crippen LogP contribution in [0.15, 0.2) is 42.5 Å². The Morgan fingerprint density at radius 3 is 2.67 bits per heavy atom. The van der Waals surface area contributed by atoms with Crippen molar-refractivity contribution in [3.63, 3.8) is 0 Å². The van der Waals surface area contributed by atoms with Crippen molar-refractivity contribution in [3.05, 3.63) is 64.4 Å². The van der Waals surface area contributed by atoms with Crippen molar-refractivity contribution in [1.82, 2.24) is 0 Å². The second-order valence-corrected chi connectivity index (χ2v) is 5.04. The van der Waals surface area contributed by atoms with E-state index >= 15 is 0 Å². The molecule has 5 heteroatoms. The van der Waals surface area contributed by atoms with Crippen LogP contribution in [-0.4, -0.2) is 20.1 Å². The van der Waals surface area contributed by atoms with Gasteiger partial charge in [0.15, 0.2) is 0 Å². The Kier molecular flexibility index (Phi) is 4.81. The highest BCUT2D eigenvalue weighted by atomic mass is 35.5. The van der Waals surface area contributed by atoms with Crippen LogP contribution in [0.25, 0.3) is 0 Å². The lowest BCUT2D eigenvalue weighted by Gasteiger charge is -2.22. The molecule has 2 aromatic rings. The standard InChI is InChI=1S/C16H15ClFNO2/c1-19(10-11-7-8-12(17)9-14(11)18)15-6-4-3-5-13(15)16(20)21-2/h3-9H,10H2,1-2H3. The average Bonchev–Trinajstić information content (AvgIpc) is 2.49. The molecule has 2 aromatic carbocycles. The summed E-state index contributed by atoms with van der Waals surface area (Å²) in [5, 5.41) is 0.355. The van der Waals surface area contributed by atoms with Gasteiger partial charge in [0.05, 0.1) is 18.4 Å². The van der Waals surface area contributed by atoms with E-state index in [1.807, 2.05) is 6.07 Å². The molecule has 0 amide bonds. The van der Waals surface area contributed by atoms with Crippen LogP contribution >= 0.6 is 11.6 Å². The lowest BCUT2D eigenvalue weighted by molar-refractivity contribution is 0.0601. The SMILES string of the molecule is COC(=O)c1ccccc1N(C)Cc1ccc(Cl)cc1F. The predicted octanol–water partition coefficient (Wildman–Crippen LogP) is 3.90. The predicted molar refractivity (Wildman–Crippen MR) is 81.3 cm³/mol. The van der Waals surface area contributed by atoms with Crippen LogP contribution in [-0.2, 0) is 11.3 Å². The summed E-state index contributed by atoms with van der Waals surface area (Å²) in [6.07, 6.45) is 0. The summed E-state index contributed by atoms with van der Waals surface area (Å²) in [5.74, 6) is -0.793. The van der Waals surface area contributed by atoms with E-state index in [1.165, 1.54) is 13.2 Å². The fourth-order valence-electron chi connectivity index (χ4n) is 2.08. The van der Waals surface area contributed by atoms with Crippen molar-refractivity contribution in [2.24, 2.45) is 0 Å². The van der Waals surface area contributed by atoms with Crippen molar-refractivity contribution in [2.75, 3.05) is 19.1 Å². The molecule has 110 valence electrons. The first-order valence-corrected chi connectivity index (χ1v) is 6.73. The van der Waals surface area contributed by atoms with Gasteiger partial charge < -0.3 is 9.64 Å². The fourth-order valence-corrected chi connectivity index (χ4v) is 2.24. The third kappa shape index (κ3) is 3.52. The second kappa shape index (κ2) is 6.59. The first-order valence-electron chi connectivity index (χ1n) is 6.35. The van der Waals surface area contributed by atoms with E-state index in [2.05, 4.69) is 0 Å². The van der Waals surface area contributed by atoms with Gasteiger partial charge in [-0.15, -0.1) is 0 Å². The molecule has 3 nitrogen and oxygen atoms in total. The summed E-state index contributed by atoms with van der Waals surface area (Å²) in [6.45, 7) is 0.316. The third-order valence-electron chi connectivity index (χ3n) is 3.14. The molecule has 0 spiro atoms. The molecule has 0 fully saturated rings. The Balaban J connectivity index is 2.28. The van der Waals surface area contributed by atoms with Crippen LogP contribution in [0.3, 0.4) is 0 Å². The van der Waals surface area contributed by atoms with E-state index in [0.29, 0.717) is 28.4 Å². The number of methoxy groups -OCH3 is 1. The lowest BCUT2D eigenvalue weighted by atomic mass is 10.1. The zero-order chi connectivity index (χ0) is 15.4. The average molecular weight is 308 g/mol. The van der Waals surface area contributed by atoms with E-state index in [4.69, 9.17) is 16.3 Å². The van der Waals surface area contributed by atoms with E-state index < -0.39 is 5.97 Å². The molecule has 0 aromatic heterocycles. The Labute approximate surface area is 127 Å². The van der Waals surface area contributed by atoms with Crippen LogP contribution in [0.1, 0.15) is 15.9 Å². The minimum Gasteiger partial charge on any atom is -0.465 e. The molecule has 0 aliphatic heterocycles. The van der Waals surface area contributed by atoms with Gasteiger partial charge in [-0.1, -0.05) is 29.8 Å². The topological polar surface area (TPSA) is 29.5 Å². The number of rotatable bonds is 4. The van der Waals surface area contributed by atoms with Gasteiger partial charge in [0.2, 0.25) is 0 Å². The van der Waals surface area contributed by atoms with Gasteiger partial charge in [-0.05, 0) is 24.3 Å². The quantitative estimate of drug-likeness (QED) is 0.802. The van der Waals surface area contributed by atoms with Gasteiger partial charge in [-0.3, -0.25) is 0 Å². The molecule has 0 unspecified atom stereocenters. The number of benzene rings is 2. The lowest BCUT2D eigenvalue weighted by Crippen LogP contribution is -2.20. The number of ether oxygens (including phenoxy) is 1. The largest absolute Gasteiger partial charge is 0.465 e. The van der Waals surface area contributed by atoms with Gasteiger partial charge in [0.1, 0.15) is 5.82 Å². The van der Waals surface area contributed by atoms with Gasteiger partial charge in [-0.25, -0.2) is 9.18 Å². The number of anilines is 1. The highest BCUT2D eigenvalue weighted by molar-refractivity contribution is 6.30. The van der Waals surface area contributed by atoms with E-state index in [-0.39, 0.29) is 5.82 Å².